The number of unbranched alkanes of at least 4 members (excludes halogenated alkanes) is 1. The van der Waals surface area contributed by atoms with Gasteiger partial charge in [-0.1, -0.05) is 45.0 Å². The molecule has 23 heteroatoms. The van der Waals surface area contributed by atoms with Gasteiger partial charge in [-0.25, -0.2) is 18.7 Å². The summed E-state index contributed by atoms with van der Waals surface area (Å²) >= 11 is 6.95. The second-order valence-electron chi connectivity index (χ2n) is 18.4. The molecule has 2 aromatic carbocycles. The highest BCUT2D eigenvalue weighted by atomic mass is 32.1. The van der Waals surface area contributed by atoms with E-state index in [-0.39, 0.29) is 64.1 Å². The lowest BCUT2D eigenvalue weighted by Gasteiger charge is -2.35. The van der Waals surface area contributed by atoms with Crippen LogP contribution in [0.5, 0.6) is 5.88 Å². The Balaban J connectivity index is 0.904. The van der Waals surface area contributed by atoms with Gasteiger partial charge in [-0.2, -0.15) is 18.4 Å². The number of aryl methyl sites for hydroxylation is 1. The number of β-amino-alcohol motifs (C(OH)–C–C–N with tert-alkyl or cyclic N) is 1. The highest BCUT2D eigenvalue weighted by Gasteiger charge is 2.52. The number of rotatable bonds is 19. The van der Waals surface area contributed by atoms with Crippen LogP contribution in [0.3, 0.4) is 0 Å². The van der Waals surface area contributed by atoms with Crippen LogP contribution in [-0.4, -0.2) is 112 Å². The summed E-state index contributed by atoms with van der Waals surface area (Å²) in [6, 6.07) is 9.59. The molecule has 0 radical (unpaired) electrons. The molecule has 0 aliphatic carbocycles. The fraction of sp³-hybridized carbons (Fsp3) is 0.458. The van der Waals surface area contributed by atoms with E-state index in [4.69, 9.17) is 31.7 Å². The Kier molecular flexibility index (Phi) is 17.1. The average Bonchev–Trinajstić information content (AvgIpc) is 3.97. The highest BCUT2D eigenvalue weighted by molar-refractivity contribution is 7.81. The van der Waals surface area contributed by atoms with Crippen LogP contribution in [0.4, 0.5) is 33.3 Å². The van der Waals surface area contributed by atoms with Gasteiger partial charge in [-0.15, -0.1) is 11.3 Å². The van der Waals surface area contributed by atoms with Gasteiger partial charge >= 0.3 is 6.18 Å². The number of aromatic nitrogens is 2. The molecule has 3 atom stereocenters. The van der Waals surface area contributed by atoms with Crippen molar-refractivity contribution >= 4 is 63.7 Å². The summed E-state index contributed by atoms with van der Waals surface area (Å²) in [5, 5.41) is 24.8. The van der Waals surface area contributed by atoms with Gasteiger partial charge in [0.15, 0.2) is 16.7 Å². The van der Waals surface area contributed by atoms with Crippen molar-refractivity contribution in [1.82, 2.24) is 25.5 Å². The van der Waals surface area contributed by atoms with Gasteiger partial charge in [0.05, 0.1) is 71.2 Å². The summed E-state index contributed by atoms with van der Waals surface area (Å²) in [5.41, 5.74) is -1.52. The van der Waals surface area contributed by atoms with Crippen molar-refractivity contribution in [3.05, 3.63) is 88.2 Å². The minimum absolute atomic E-state index is 0.0291. The van der Waals surface area contributed by atoms with Gasteiger partial charge in [0.1, 0.15) is 29.8 Å². The van der Waals surface area contributed by atoms with Gasteiger partial charge < -0.3 is 39.8 Å². The Labute approximate surface area is 416 Å². The normalized spacial score (nSPS) is 17.4. The maximum atomic E-state index is 15.4. The molecule has 0 unspecified atom stereocenters. The summed E-state index contributed by atoms with van der Waals surface area (Å²) in [4.78, 5) is 66.2. The van der Waals surface area contributed by atoms with Gasteiger partial charge in [0, 0.05) is 32.2 Å². The van der Waals surface area contributed by atoms with Crippen molar-refractivity contribution in [2.75, 3.05) is 49.4 Å². The third-order valence-electron chi connectivity index (χ3n) is 11.7. The SMILES string of the molecule is Cc1ncsc1-c1ccc(CNC(=O)[C@@H]2C[C@@H](O)CN2C(=O)[C@@H](NC(=O)COCCOCCCCOc2ncc(N3C(=S)N(c4ccc(C#N)c(C(F)(F)F)c4F)C(=O)C3(C)C)cc2F)C(C)(C)C)cc1. The van der Waals surface area contributed by atoms with Crippen molar-refractivity contribution in [1.29, 1.82) is 5.26 Å². The molecule has 2 aliphatic heterocycles. The molecular formula is C48H53F5N8O8S2. The molecule has 0 bridgehead atoms. The number of halogens is 5. The second-order valence-corrected chi connectivity index (χ2v) is 19.6. The van der Waals surface area contributed by atoms with Crippen LogP contribution >= 0.6 is 23.6 Å². The number of aliphatic hydroxyl groups excluding tert-OH is 1. The topological polar surface area (TPSA) is 200 Å². The molecular weight excluding hydrogens is 976 g/mol. The highest BCUT2D eigenvalue weighted by Crippen LogP contribution is 2.42. The monoisotopic (exact) mass is 1030 g/mol. The predicted octanol–water partition coefficient (Wildman–Crippen LogP) is 6.60. The number of carbonyl (C=O) groups excluding carboxylic acids is 4. The number of thiazole rings is 1. The Morgan fingerprint density at radius 1 is 1.03 bits per heavy atom. The zero-order valence-corrected chi connectivity index (χ0v) is 41.3. The molecule has 4 aromatic rings. The van der Waals surface area contributed by atoms with E-state index in [1.165, 1.54) is 24.8 Å². The molecule has 0 spiro atoms. The molecule has 71 heavy (non-hydrogen) atoms. The summed E-state index contributed by atoms with van der Waals surface area (Å²) in [7, 11) is 0. The molecule has 380 valence electrons. The minimum atomic E-state index is -5.25. The molecule has 4 heterocycles. The number of thiocarbonyl (C=S) groups is 1. The van der Waals surface area contributed by atoms with Crippen molar-refractivity contribution in [3.8, 4) is 22.4 Å². The Morgan fingerprint density at radius 2 is 1.72 bits per heavy atom. The molecule has 0 saturated carbocycles. The molecule has 6 rings (SSSR count). The minimum Gasteiger partial charge on any atom is -0.476 e. The zero-order valence-electron chi connectivity index (χ0n) is 39.7. The largest absolute Gasteiger partial charge is 0.476 e. The van der Waals surface area contributed by atoms with Gasteiger partial charge in [0.25, 0.3) is 11.8 Å². The van der Waals surface area contributed by atoms with Gasteiger partial charge in [-0.05, 0) is 74.5 Å². The second kappa shape index (κ2) is 22.5. The zero-order chi connectivity index (χ0) is 52.0. The van der Waals surface area contributed by atoms with Gasteiger partial charge in [-0.3, -0.25) is 24.1 Å². The fourth-order valence-electron chi connectivity index (χ4n) is 8.04. The number of aliphatic hydroxyl groups is 1. The van der Waals surface area contributed by atoms with Crippen LogP contribution in [0.1, 0.15) is 76.3 Å². The Bertz CT molecular complexity index is 2670. The first kappa shape index (κ1) is 54.1. The van der Waals surface area contributed by atoms with E-state index in [0.717, 1.165) is 51.0 Å². The van der Waals surface area contributed by atoms with Crippen molar-refractivity contribution in [2.24, 2.45) is 5.41 Å². The molecule has 2 fully saturated rings. The van der Waals surface area contributed by atoms with Crippen LogP contribution in [0.15, 0.2) is 54.2 Å². The van der Waals surface area contributed by atoms with E-state index in [0.29, 0.717) is 17.7 Å². The summed E-state index contributed by atoms with van der Waals surface area (Å²) in [6.45, 7) is 10.2. The van der Waals surface area contributed by atoms with Crippen molar-refractivity contribution < 1.29 is 60.4 Å². The quantitative estimate of drug-likeness (QED) is 0.0516. The first-order valence-electron chi connectivity index (χ1n) is 22.4. The lowest BCUT2D eigenvalue weighted by Crippen LogP contribution is -2.58. The first-order valence-corrected chi connectivity index (χ1v) is 23.7. The van der Waals surface area contributed by atoms with Crippen LogP contribution in [0, 0.1) is 35.3 Å². The summed E-state index contributed by atoms with van der Waals surface area (Å²) in [6.07, 6.45) is -4.09. The number of amides is 4. The fourth-order valence-corrected chi connectivity index (χ4v) is 9.36. The lowest BCUT2D eigenvalue weighted by molar-refractivity contribution is -0.144. The number of hydrogen-bond donors (Lipinski definition) is 3. The number of likely N-dealkylation sites (tertiary alicyclic amines) is 1. The summed E-state index contributed by atoms with van der Waals surface area (Å²) < 4.78 is 88.3. The van der Waals surface area contributed by atoms with E-state index >= 15 is 8.78 Å². The van der Waals surface area contributed by atoms with Crippen LogP contribution < -0.4 is 25.2 Å². The maximum absolute atomic E-state index is 15.4. The number of nitrogens with zero attached hydrogens (tertiary/aromatic N) is 6. The number of nitrogens with one attached hydrogen (secondary N) is 2. The predicted molar refractivity (Wildman–Crippen MR) is 255 cm³/mol. The number of ether oxygens (including phenoxy) is 3. The summed E-state index contributed by atoms with van der Waals surface area (Å²) in [5.74, 6) is -5.59. The van der Waals surface area contributed by atoms with Crippen LogP contribution in [0.2, 0.25) is 0 Å². The number of nitriles is 1. The van der Waals surface area contributed by atoms with E-state index in [2.05, 4.69) is 20.6 Å². The smallest absolute Gasteiger partial charge is 0.420 e. The Hall–Kier alpha value is -6.19. The molecule has 3 N–H and O–H groups in total. The number of hydrogen-bond acceptors (Lipinski definition) is 13. The van der Waals surface area contributed by atoms with Gasteiger partial charge in [0.2, 0.25) is 17.7 Å². The molecule has 16 nitrogen and oxygen atoms in total. The van der Waals surface area contributed by atoms with Crippen molar-refractivity contribution in [2.45, 2.75) is 97.3 Å². The van der Waals surface area contributed by atoms with E-state index < -0.39 is 92.5 Å². The standard InChI is InChI=1S/C48H53F5N8O8S2/c1-27-39(71-26-57-27)29-11-9-28(10-12-29)22-55-41(64)35-20-32(62)24-59(35)43(65)40(46(2,3)4)58-36(63)25-68-18-17-67-15-7-8-16-69-42-33(49)19-31(23-56-42)61-45(70)60(44(66)47(61,5)6)34-14-13-30(21-54)37(38(34)50)48(51,52)53/h9-14,19,23,26,32,35,40,62H,7-8,15-18,20,22,24-25H2,1-6H3,(H,55,64)(H,58,63)/t32-,35+,40-/m1/s1. The average molecular weight is 1030 g/mol. The molecule has 2 aliphatic rings. The van der Waals surface area contributed by atoms with E-state index in [1.54, 1.807) is 37.6 Å². The lowest BCUT2D eigenvalue weighted by atomic mass is 9.85. The first-order chi connectivity index (χ1) is 33.4. The number of anilines is 2. The number of carbonyl (C=O) groups is 4. The van der Waals surface area contributed by atoms with Crippen LogP contribution in [0.25, 0.3) is 10.4 Å². The third kappa shape index (κ3) is 12.5. The molecule has 2 aromatic heterocycles. The van der Waals surface area contributed by atoms with Crippen molar-refractivity contribution in [3.63, 3.8) is 0 Å². The molecule has 4 amide bonds. The maximum Gasteiger partial charge on any atom is 0.420 e. The number of alkyl halides is 3. The molecule has 2 saturated heterocycles. The third-order valence-corrected chi connectivity index (χ3v) is 13.1. The number of benzene rings is 2. The Morgan fingerprint density at radius 3 is 2.35 bits per heavy atom. The van der Waals surface area contributed by atoms with E-state index in [1.807, 2.05) is 31.2 Å². The number of pyridine rings is 1. The van der Waals surface area contributed by atoms with E-state index in [9.17, 15) is 37.5 Å². The van der Waals surface area contributed by atoms with Crippen LogP contribution in [-0.2, 0) is 41.4 Å².